The van der Waals surface area contributed by atoms with Crippen molar-refractivity contribution in [1.82, 2.24) is 10.2 Å². The number of methoxy groups -OCH3 is 1. The number of carbonyl (C=O) groups excluding carboxylic acids is 2. The van der Waals surface area contributed by atoms with E-state index in [1.54, 1.807) is 43.5 Å². The second kappa shape index (κ2) is 7.27. The highest BCUT2D eigenvalue weighted by molar-refractivity contribution is 7.15. The van der Waals surface area contributed by atoms with Gasteiger partial charge >= 0.3 is 5.97 Å². The third-order valence-electron chi connectivity index (χ3n) is 3.28. The fraction of sp³-hybridized carbons (Fsp3) is 0.176. The van der Waals surface area contributed by atoms with E-state index in [4.69, 9.17) is 13.9 Å². The summed E-state index contributed by atoms with van der Waals surface area (Å²) in [5, 5.41) is 7.79. The van der Waals surface area contributed by atoms with Crippen molar-refractivity contribution in [2.45, 2.75) is 13.5 Å². The van der Waals surface area contributed by atoms with Crippen molar-refractivity contribution in [3.8, 4) is 17.2 Å². The number of thiophene rings is 1. The van der Waals surface area contributed by atoms with Crippen LogP contribution in [0.1, 0.15) is 32.2 Å². The summed E-state index contributed by atoms with van der Waals surface area (Å²) in [4.78, 5) is 24.1. The number of benzene rings is 1. The van der Waals surface area contributed by atoms with Crippen LogP contribution in [0.3, 0.4) is 0 Å². The maximum Gasteiger partial charge on any atom is 0.348 e. The van der Waals surface area contributed by atoms with E-state index < -0.39 is 5.97 Å². The molecule has 0 aliphatic carbocycles. The first-order valence-corrected chi connectivity index (χ1v) is 8.13. The van der Waals surface area contributed by atoms with E-state index in [1.807, 2.05) is 0 Å². The number of hydrogen-bond acceptors (Lipinski definition) is 8. The third kappa shape index (κ3) is 3.92. The van der Waals surface area contributed by atoms with Crippen molar-refractivity contribution in [2.24, 2.45) is 0 Å². The molecule has 25 heavy (non-hydrogen) atoms. The molecule has 3 rings (SSSR count). The first kappa shape index (κ1) is 16.8. The van der Waals surface area contributed by atoms with Crippen LogP contribution >= 0.6 is 11.3 Å². The molecule has 128 valence electrons. The molecule has 0 unspecified atom stereocenters. The molecule has 0 N–H and O–H groups in total. The molecule has 0 amide bonds. The smallest absolute Gasteiger partial charge is 0.348 e. The van der Waals surface area contributed by atoms with E-state index in [9.17, 15) is 9.59 Å². The van der Waals surface area contributed by atoms with Crippen molar-refractivity contribution in [1.29, 1.82) is 0 Å². The van der Waals surface area contributed by atoms with Crippen LogP contribution in [0.4, 0.5) is 0 Å². The van der Waals surface area contributed by atoms with Gasteiger partial charge in [0, 0.05) is 5.56 Å². The Bertz CT molecular complexity index is 898. The van der Waals surface area contributed by atoms with E-state index >= 15 is 0 Å². The van der Waals surface area contributed by atoms with Gasteiger partial charge in [-0.1, -0.05) is 0 Å². The van der Waals surface area contributed by atoms with Crippen LogP contribution in [0.5, 0.6) is 5.75 Å². The number of aromatic nitrogens is 2. The summed E-state index contributed by atoms with van der Waals surface area (Å²) in [6.07, 6.45) is 0. The minimum Gasteiger partial charge on any atom is -0.497 e. The lowest BCUT2D eigenvalue weighted by molar-refractivity contribution is 0.0444. The predicted octanol–water partition coefficient (Wildman–Crippen LogP) is 3.37. The average molecular weight is 358 g/mol. The molecule has 0 aliphatic rings. The zero-order chi connectivity index (χ0) is 17.8. The Morgan fingerprint density at radius 1 is 1.08 bits per heavy atom. The number of ether oxygens (including phenoxy) is 2. The van der Waals surface area contributed by atoms with Gasteiger partial charge in [0.05, 0.1) is 12.0 Å². The van der Waals surface area contributed by atoms with E-state index in [1.165, 1.54) is 6.92 Å². The average Bonchev–Trinajstić information content (AvgIpc) is 3.29. The molecule has 2 heterocycles. The first-order chi connectivity index (χ1) is 12.1. The van der Waals surface area contributed by atoms with Gasteiger partial charge < -0.3 is 13.9 Å². The van der Waals surface area contributed by atoms with Gasteiger partial charge in [-0.25, -0.2) is 4.79 Å². The molecule has 8 heteroatoms. The minimum absolute atomic E-state index is 0.0925. The van der Waals surface area contributed by atoms with Gasteiger partial charge in [0.2, 0.25) is 5.89 Å². The summed E-state index contributed by atoms with van der Waals surface area (Å²) < 4.78 is 15.7. The standard InChI is InChI=1S/C17H14N2O5S/c1-10(20)13-7-8-14(25-13)17(21)23-9-15-18-19-16(24-15)11-3-5-12(22-2)6-4-11/h3-8H,9H2,1-2H3. The number of carbonyl (C=O) groups is 2. The van der Waals surface area contributed by atoms with Crippen LogP contribution in [-0.2, 0) is 11.3 Å². The van der Waals surface area contributed by atoms with Crippen LogP contribution in [0, 0.1) is 0 Å². The molecule has 0 saturated heterocycles. The lowest BCUT2D eigenvalue weighted by Gasteiger charge is -2.00. The largest absolute Gasteiger partial charge is 0.497 e. The maximum atomic E-state index is 12.0. The van der Waals surface area contributed by atoms with Crippen molar-refractivity contribution >= 4 is 23.1 Å². The fourth-order valence-electron chi connectivity index (χ4n) is 2.00. The summed E-state index contributed by atoms with van der Waals surface area (Å²) in [6.45, 7) is 1.30. The molecule has 0 spiro atoms. The van der Waals surface area contributed by atoms with E-state index in [0.29, 0.717) is 15.6 Å². The summed E-state index contributed by atoms with van der Waals surface area (Å²) in [7, 11) is 1.58. The first-order valence-electron chi connectivity index (χ1n) is 7.31. The third-order valence-corrected chi connectivity index (χ3v) is 4.45. The number of Topliss-reactive ketones (excluding diaryl/α,β-unsaturated/α-hetero) is 1. The molecule has 0 radical (unpaired) electrons. The van der Waals surface area contributed by atoms with E-state index in [-0.39, 0.29) is 18.3 Å². The highest BCUT2D eigenvalue weighted by atomic mass is 32.1. The van der Waals surface area contributed by atoms with Crippen LogP contribution in [-0.4, -0.2) is 29.1 Å². The highest BCUT2D eigenvalue weighted by Gasteiger charge is 2.15. The molecule has 7 nitrogen and oxygen atoms in total. The molecule has 3 aromatic rings. The normalized spacial score (nSPS) is 10.5. The number of rotatable bonds is 6. The summed E-state index contributed by atoms with van der Waals surface area (Å²) in [6, 6.07) is 10.3. The lowest BCUT2D eigenvalue weighted by atomic mass is 10.2. The van der Waals surface area contributed by atoms with Crippen LogP contribution in [0.25, 0.3) is 11.5 Å². The fourth-order valence-corrected chi connectivity index (χ4v) is 2.79. The number of esters is 1. The van der Waals surface area contributed by atoms with Crippen molar-refractivity contribution in [2.75, 3.05) is 7.11 Å². The molecule has 0 atom stereocenters. The second-order valence-electron chi connectivity index (χ2n) is 5.03. The van der Waals surface area contributed by atoms with Crippen molar-refractivity contribution in [3.05, 3.63) is 52.0 Å². The molecule has 0 bridgehead atoms. The zero-order valence-corrected chi connectivity index (χ0v) is 14.3. The van der Waals surface area contributed by atoms with E-state index in [0.717, 1.165) is 22.6 Å². The van der Waals surface area contributed by atoms with Gasteiger partial charge in [0.1, 0.15) is 10.6 Å². The number of nitrogens with zero attached hydrogens (tertiary/aromatic N) is 2. The van der Waals surface area contributed by atoms with Crippen LogP contribution in [0.2, 0.25) is 0 Å². The Morgan fingerprint density at radius 3 is 2.44 bits per heavy atom. The Kier molecular flexibility index (Phi) is 4.90. The van der Waals surface area contributed by atoms with Crippen molar-refractivity contribution < 1.29 is 23.5 Å². The maximum absolute atomic E-state index is 12.0. The van der Waals surface area contributed by atoms with Crippen LogP contribution < -0.4 is 4.74 Å². The van der Waals surface area contributed by atoms with Crippen LogP contribution in [0.15, 0.2) is 40.8 Å². The lowest BCUT2D eigenvalue weighted by Crippen LogP contribution is -2.03. The Hall–Kier alpha value is -3.00. The summed E-state index contributed by atoms with van der Waals surface area (Å²) in [5.74, 6) is 0.594. The van der Waals surface area contributed by atoms with Gasteiger partial charge in [0.25, 0.3) is 5.89 Å². The monoisotopic (exact) mass is 358 g/mol. The molecular weight excluding hydrogens is 344 g/mol. The number of ketones is 1. The quantitative estimate of drug-likeness (QED) is 0.493. The molecule has 0 fully saturated rings. The topological polar surface area (TPSA) is 91.5 Å². The van der Waals surface area contributed by atoms with Crippen molar-refractivity contribution in [3.63, 3.8) is 0 Å². The Morgan fingerprint density at radius 2 is 1.80 bits per heavy atom. The summed E-state index contributed by atoms with van der Waals surface area (Å²) >= 11 is 1.09. The Labute approximate surface area is 147 Å². The predicted molar refractivity (Wildman–Crippen MR) is 89.7 cm³/mol. The van der Waals surface area contributed by atoms with Gasteiger partial charge in [0.15, 0.2) is 12.4 Å². The zero-order valence-electron chi connectivity index (χ0n) is 13.5. The number of hydrogen-bond donors (Lipinski definition) is 0. The Balaban J connectivity index is 1.62. The highest BCUT2D eigenvalue weighted by Crippen LogP contribution is 2.22. The SMILES string of the molecule is COc1ccc(-c2nnc(COC(=O)c3ccc(C(C)=O)s3)o2)cc1. The van der Waals surface area contributed by atoms with E-state index in [2.05, 4.69) is 10.2 Å². The molecular formula is C17H14N2O5S. The van der Waals surface area contributed by atoms with Gasteiger partial charge in [-0.05, 0) is 43.3 Å². The van der Waals surface area contributed by atoms with Gasteiger partial charge in [-0.15, -0.1) is 21.5 Å². The minimum atomic E-state index is -0.540. The van der Waals surface area contributed by atoms with Gasteiger partial charge in [-0.2, -0.15) is 0 Å². The molecule has 0 aliphatic heterocycles. The molecule has 2 aromatic heterocycles. The van der Waals surface area contributed by atoms with Gasteiger partial charge in [-0.3, -0.25) is 4.79 Å². The second-order valence-corrected chi connectivity index (χ2v) is 6.11. The summed E-state index contributed by atoms with van der Waals surface area (Å²) in [5.41, 5.74) is 0.732. The molecule has 1 aromatic carbocycles. The molecule has 0 saturated carbocycles.